The van der Waals surface area contributed by atoms with Gasteiger partial charge in [0, 0.05) is 11.8 Å². The van der Waals surface area contributed by atoms with E-state index >= 15 is 0 Å². The van der Waals surface area contributed by atoms with E-state index in [9.17, 15) is 24.9 Å². The number of hydrogen-bond donors (Lipinski definition) is 3. The molecule has 0 aromatic rings. The van der Waals surface area contributed by atoms with Crippen LogP contribution in [0.2, 0.25) is 0 Å². The molecule has 0 aromatic carbocycles. The van der Waals surface area contributed by atoms with Crippen LogP contribution in [-0.2, 0) is 14.3 Å². The standard InChI is InChI=1S/C19H22O6/c1-9-7-17-8-18(9,24)5-3-10(17)19-6-4-11(20)16(2,15(23)25-19)13(19)12(17)14(21)22/h4,6,10-13,20,24H,1,3,5,7-8H2,2H3,(H,21,22)/t10-,11-,12+,13+,16+,17-,18-,19+/m0/s1. The van der Waals surface area contributed by atoms with Crippen molar-refractivity contribution >= 4 is 11.9 Å². The molecule has 1 saturated heterocycles. The number of aliphatic hydroxyl groups is 2. The minimum absolute atomic E-state index is 0.180. The Bertz CT molecular complexity index is 772. The number of esters is 1. The summed E-state index contributed by atoms with van der Waals surface area (Å²) in [4.78, 5) is 25.1. The molecular formula is C19H22O6. The lowest BCUT2D eigenvalue weighted by Gasteiger charge is -2.44. The molecule has 5 aliphatic rings. The lowest BCUT2D eigenvalue weighted by molar-refractivity contribution is -0.163. The first kappa shape index (κ1) is 15.6. The molecule has 5 rings (SSSR count). The molecule has 1 spiro atoms. The van der Waals surface area contributed by atoms with Crippen LogP contribution < -0.4 is 0 Å². The first-order chi connectivity index (χ1) is 11.6. The van der Waals surface area contributed by atoms with E-state index < -0.39 is 51.9 Å². The Morgan fingerprint density at radius 1 is 1.44 bits per heavy atom. The van der Waals surface area contributed by atoms with Gasteiger partial charge >= 0.3 is 11.9 Å². The first-order valence-corrected chi connectivity index (χ1v) is 8.86. The Kier molecular flexibility index (Phi) is 2.50. The van der Waals surface area contributed by atoms with Gasteiger partial charge in [0.15, 0.2) is 0 Å². The summed E-state index contributed by atoms with van der Waals surface area (Å²) >= 11 is 0. The van der Waals surface area contributed by atoms with Crippen molar-refractivity contribution in [3.8, 4) is 0 Å². The van der Waals surface area contributed by atoms with E-state index in [1.807, 2.05) is 0 Å². The quantitative estimate of drug-likeness (QED) is 0.484. The zero-order valence-electron chi connectivity index (χ0n) is 14.1. The molecule has 0 aromatic heterocycles. The van der Waals surface area contributed by atoms with Crippen molar-refractivity contribution in [3.05, 3.63) is 24.3 Å². The van der Waals surface area contributed by atoms with Crippen LogP contribution in [0.5, 0.6) is 0 Å². The average Bonchev–Trinajstić information content (AvgIpc) is 2.95. The molecule has 0 amide bonds. The summed E-state index contributed by atoms with van der Waals surface area (Å²) in [5, 5.41) is 31.6. The molecule has 1 heterocycles. The fourth-order valence-corrected chi connectivity index (χ4v) is 7.13. The molecule has 0 radical (unpaired) electrons. The highest BCUT2D eigenvalue weighted by molar-refractivity contribution is 5.86. The Morgan fingerprint density at radius 2 is 2.16 bits per heavy atom. The van der Waals surface area contributed by atoms with Crippen molar-refractivity contribution in [2.45, 2.75) is 49.9 Å². The smallest absolute Gasteiger partial charge is 0.316 e. The monoisotopic (exact) mass is 346 g/mol. The van der Waals surface area contributed by atoms with Gasteiger partial charge in [-0.05, 0) is 49.7 Å². The van der Waals surface area contributed by atoms with Crippen LogP contribution in [0.4, 0.5) is 0 Å². The van der Waals surface area contributed by atoms with Crippen LogP contribution in [0, 0.1) is 28.6 Å². The molecule has 3 saturated carbocycles. The minimum Gasteiger partial charge on any atom is -0.481 e. The Morgan fingerprint density at radius 3 is 2.84 bits per heavy atom. The van der Waals surface area contributed by atoms with Gasteiger partial charge in [0.1, 0.15) is 11.0 Å². The van der Waals surface area contributed by atoms with Crippen molar-refractivity contribution < 1.29 is 29.6 Å². The largest absolute Gasteiger partial charge is 0.481 e. The van der Waals surface area contributed by atoms with E-state index in [2.05, 4.69) is 6.58 Å². The molecule has 134 valence electrons. The SMILES string of the molecule is C=C1C[C@]23C[C@@]1(O)CC[C@@H]2[C@@]12C=C[C@H](O)[C@@](C)(C(=O)O1)[C@H]2[C@@H]3C(=O)O. The molecule has 4 fully saturated rings. The lowest BCUT2D eigenvalue weighted by Crippen LogP contribution is -2.50. The van der Waals surface area contributed by atoms with E-state index in [-0.39, 0.29) is 5.92 Å². The van der Waals surface area contributed by atoms with E-state index in [1.54, 1.807) is 19.1 Å². The Hall–Kier alpha value is -1.66. The predicted octanol–water partition coefficient (Wildman–Crippen LogP) is 1.03. The van der Waals surface area contributed by atoms with Crippen molar-refractivity contribution in [1.29, 1.82) is 0 Å². The lowest BCUT2D eigenvalue weighted by atomic mass is 9.61. The molecule has 3 N–H and O–H groups in total. The Balaban J connectivity index is 1.78. The summed E-state index contributed by atoms with van der Waals surface area (Å²) in [5.74, 6) is -3.18. The summed E-state index contributed by atoms with van der Waals surface area (Å²) in [6, 6.07) is 0. The normalized spacial score (nSPS) is 58.0. The molecule has 1 aliphatic heterocycles. The third kappa shape index (κ3) is 1.36. The highest BCUT2D eigenvalue weighted by Gasteiger charge is 2.83. The number of carboxylic acids is 1. The van der Waals surface area contributed by atoms with Gasteiger partial charge in [-0.3, -0.25) is 9.59 Å². The fourth-order valence-electron chi connectivity index (χ4n) is 7.13. The van der Waals surface area contributed by atoms with Crippen LogP contribution in [0.3, 0.4) is 0 Å². The van der Waals surface area contributed by atoms with Gasteiger partial charge < -0.3 is 20.1 Å². The second kappa shape index (κ2) is 4.01. The topological polar surface area (TPSA) is 104 Å². The number of rotatable bonds is 1. The summed E-state index contributed by atoms with van der Waals surface area (Å²) in [6.07, 6.45) is 4.11. The van der Waals surface area contributed by atoms with Gasteiger partial charge in [-0.2, -0.15) is 0 Å². The van der Waals surface area contributed by atoms with Crippen LogP contribution in [0.1, 0.15) is 32.6 Å². The molecule has 8 atom stereocenters. The number of ether oxygens (including phenoxy) is 1. The molecule has 0 unspecified atom stereocenters. The van der Waals surface area contributed by atoms with Crippen LogP contribution in [0.25, 0.3) is 0 Å². The van der Waals surface area contributed by atoms with Crippen LogP contribution in [-0.4, -0.2) is 44.6 Å². The van der Waals surface area contributed by atoms with Gasteiger partial charge in [-0.25, -0.2) is 0 Å². The van der Waals surface area contributed by atoms with Crippen LogP contribution in [0.15, 0.2) is 24.3 Å². The second-order valence-corrected chi connectivity index (χ2v) is 8.94. The fraction of sp³-hybridized carbons (Fsp3) is 0.684. The summed E-state index contributed by atoms with van der Waals surface area (Å²) in [5.41, 5.74) is -3.29. The van der Waals surface area contributed by atoms with Crippen molar-refractivity contribution in [2.75, 3.05) is 0 Å². The third-order valence-electron chi connectivity index (χ3n) is 8.12. The highest BCUT2D eigenvalue weighted by Crippen LogP contribution is 2.77. The minimum atomic E-state index is -1.27. The highest BCUT2D eigenvalue weighted by atomic mass is 16.6. The van der Waals surface area contributed by atoms with E-state index in [0.29, 0.717) is 31.3 Å². The van der Waals surface area contributed by atoms with Crippen LogP contribution >= 0.6 is 0 Å². The van der Waals surface area contributed by atoms with E-state index in [4.69, 9.17) is 4.74 Å². The molecule has 4 aliphatic carbocycles. The van der Waals surface area contributed by atoms with Gasteiger partial charge in [0.05, 0.1) is 17.6 Å². The van der Waals surface area contributed by atoms with Crippen molar-refractivity contribution in [2.24, 2.45) is 28.6 Å². The number of carbonyl (C=O) groups excluding carboxylic acids is 1. The number of carboxylic acid groups (broad SMARTS) is 1. The van der Waals surface area contributed by atoms with Crippen molar-refractivity contribution in [1.82, 2.24) is 0 Å². The maximum absolute atomic E-state index is 12.7. The first-order valence-electron chi connectivity index (χ1n) is 8.86. The second-order valence-electron chi connectivity index (χ2n) is 8.94. The van der Waals surface area contributed by atoms with Gasteiger partial charge in [-0.15, -0.1) is 0 Å². The molecule has 6 heteroatoms. The molecule has 6 nitrogen and oxygen atoms in total. The molecule has 4 bridgehead atoms. The zero-order chi connectivity index (χ0) is 18.0. The zero-order valence-corrected chi connectivity index (χ0v) is 14.1. The van der Waals surface area contributed by atoms with Crippen molar-refractivity contribution in [3.63, 3.8) is 0 Å². The van der Waals surface area contributed by atoms with E-state index in [1.165, 1.54) is 0 Å². The summed E-state index contributed by atoms with van der Waals surface area (Å²) in [7, 11) is 0. The third-order valence-corrected chi connectivity index (χ3v) is 8.12. The number of hydrogen-bond acceptors (Lipinski definition) is 5. The number of fused-ring (bicyclic) bond motifs is 1. The van der Waals surface area contributed by atoms with Gasteiger partial charge in [-0.1, -0.05) is 12.7 Å². The number of aliphatic hydroxyl groups excluding tert-OH is 1. The summed E-state index contributed by atoms with van der Waals surface area (Å²) in [6.45, 7) is 5.64. The summed E-state index contributed by atoms with van der Waals surface area (Å²) < 4.78 is 5.87. The maximum Gasteiger partial charge on any atom is 0.316 e. The predicted molar refractivity (Wildman–Crippen MR) is 85.2 cm³/mol. The number of aliphatic carboxylic acids is 1. The Labute approximate surface area is 145 Å². The maximum atomic E-state index is 12.7. The number of carbonyl (C=O) groups is 2. The van der Waals surface area contributed by atoms with Gasteiger partial charge in [0.25, 0.3) is 0 Å². The van der Waals surface area contributed by atoms with E-state index in [0.717, 1.165) is 0 Å². The molecular weight excluding hydrogens is 324 g/mol. The average molecular weight is 346 g/mol. The molecule has 25 heavy (non-hydrogen) atoms. The van der Waals surface area contributed by atoms with Gasteiger partial charge in [0.2, 0.25) is 0 Å².